The first-order chi connectivity index (χ1) is 14.1. The van der Waals surface area contributed by atoms with Crippen LogP contribution in [0.3, 0.4) is 0 Å². The summed E-state index contributed by atoms with van der Waals surface area (Å²) in [5.41, 5.74) is 2.97. The van der Waals surface area contributed by atoms with Crippen LogP contribution < -0.4 is 9.47 Å². The van der Waals surface area contributed by atoms with Gasteiger partial charge in [0.05, 0.1) is 14.2 Å². The van der Waals surface area contributed by atoms with Crippen LogP contribution in [0, 0.1) is 3.57 Å². The highest BCUT2D eigenvalue weighted by Crippen LogP contribution is 2.32. The number of benzene rings is 2. The van der Waals surface area contributed by atoms with Gasteiger partial charge in [-0.05, 0) is 64.1 Å². The number of methoxy groups -OCH3 is 2. The van der Waals surface area contributed by atoms with Gasteiger partial charge in [0.15, 0.2) is 11.5 Å². The Morgan fingerprint density at radius 3 is 2.48 bits per heavy atom. The lowest BCUT2D eigenvalue weighted by Crippen LogP contribution is -2.04. The molecule has 0 atom stereocenters. The first-order valence-electron chi connectivity index (χ1n) is 9.05. The number of carbonyl (C=O) groups excluding carboxylic acids is 1. The third-order valence-electron chi connectivity index (χ3n) is 4.37. The Morgan fingerprint density at radius 2 is 1.76 bits per heavy atom. The molecule has 1 aromatic heterocycles. The van der Waals surface area contributed by atoms with Crippen LogP contribution in [0.4, 0.5) is 0 Å². The van der Waals surface area contributed by atoms with Crippen molar-refractivity contribution in [2.24, 2.45) is 0 Å². The van der Waals surface area contributed by atoms with E-state index in [1.165, 1.54) is 6.08 Å². The van der Waals surface area contributed by atoms with Gasteiger partial charge in [-0.2, -0.15) is 0 Å². The summed E-state index contributed by atoms with van der Waals surface area (Å²) < 4.78 is 19.2. The van der Waals surface area contributed by atoms with Crippen LogP contribution in [0.1, 0.15) is 16.8 Å². The summed E-state index contributed by atoms with van der Waals surface area (Å²) in [5.74, 6) is 1.02. The zero-order valence-electron chi connectivity index (χ0n) is 16.3. The van der Waals surface area contributed by atoms with E-state index >= 15 is 0 Å². The maximum atomic E-state index is 12.0. The SMILES string of the molecule is COc1cc(I)c(Cn2cccc2/C=C/C(=O)OCc2ccccc2)cc1OC. The fourth-order valence-electron chi connectivity index (χ4n) is 2.85. The number of esters is 1. The van der Waals surface area contributed by atoms with Gasteiger partial charge in [0.25, 0.3) is 0 Å². The van der Waals surface area contributed by atoms with Gasteiger partial charge < -0.3 is 18.8 Å². The molecule has 3 rings (SSSR count). The number of carbonyl (C=O) groups is 1. The van der Waals surface area contributed by atoms with Crippen LogP contribution in [-0.2, 0) is 22.7 Å². The molecule has 0 N–H and O–H groups in total. The van der Waals surface area contributed by atoms with Crippen molar-refractivity contribution in [1.29, 1.82) is 0 Å². The summed E-state index contributed by atoms with van der Waals surface area (Å²) in [6.07, 6.45) is 5.19. The van der Waals surface area contributed by atoms with Crippen LogP contribution >= 0.6 is 22.6 Å². The number of nitrogens with zero attached hydrogens (tertiary/aromatic N) is 1. The van der Waals surface area contributed by atoms with E-state index in [1.807, 2.05) is 60.8 Å². The Balaban J connectivity index is 1.68. The lowest BCUT2D eigenvalue weighted by molar-refractivity contribution is -0.138. The fourth-order valence-corrected chi connectivity index (χ4v) is 3.46. The number of hydrogen-bond donors (Lipinski definition) is 0. The molecule has 2 aromatic carbocycles. The molecule has 0 amide bonds. The third kappa shape index (κ3) is 5.63. The summed E-state index contributed by atoms with van der Waals surface area (Å²) in [4.78, 5) is 12.0. The van der Waals surface area contributed by atoms with Gasteiger partial charge in [-0.25, -0.2) is 4.79 Å². The minimum Gasteiger partial charge on any atom is -0.493 e. The van der Waals surface area contributed by atoms with Crippen LogP contribution in [0.5, 0.6) is 11.5 Å². The van der Waals surface area contributed by atoms with Crippen molar-refractivity contribution in [2.45, 2.75) is 13.2 Å². The second-order valence-corrected chi connectivity index (χ2v) is 7.45. The lowest BCUT2D eigenvalue weighted by Gasteiger charge is -2.13. The van der Waals surface area contributed by atoms with E-state index in [2.05, 4.69) is 27.2 Å². The smallest absolute Gasteiger partial charge is 0.331 e. The molecule has 0 aliphatic carbocycles. The molecule has 1 heterocycles. The maximum Gasteiger partial charge on any atom is 0.331 e. The van der Waals surface area contributed by atoms with Gasteiger partial charge in [0, 0.05) is 28.1 Å². The average Bonchev–Trinajstić information content (AvgIpc) is 3.19. The highest BCUT2D eigenvalue weighted by Gasteiger charge is 2.11. The highest BCUT2D eigenvalue weighted by atomic mass is 127. The second-order valence-electron chi connectivity index (χ2n) is 6.29. The molecular formula is C23H22INO4. The molecule has 0 aliphatic rings. The van der Waals surface area contributed by atoms with E-state index in [0.717, 1.165) is 20.4 Å². The van der Waals surface area contributed by atoms with Crippen LogP contribution in [0.15, 0.2) is 66.9 Å². The van der Waals surface area contributed by atoms with Gasteiger partial charge in [0.1, 0.15) is 6.61 Å². The minimum absolute atomic E-state index is 0.259. The first kappa shape index (κ1) is 21.0. The molecule has 0 aliphatic heterocycles. The fraction of sp³-hybridized carbons (Fsp3) is 0.174. The number of hydrogen-bond acceptors (Lipinski definition) is 4. The molecule has 0 spiro atoms. The number of aromatic nitrogens is 1. The Morgan fingerprint density at radius 1 is 1.03 bits per heavy atom. The van der Waals surface area contributed by atoms with Crippen molar-refractivity contribution in [3.63, 3.8) is 0 Å². The maximum absolute atomic E-state index is 12.0. The Kier molecular flexibility index (Phi) is 7.35. The van der Waals surface area contributed by atoms with Crippen LogP contribution in [0.2, 0.25) is 0 Å². The molecule has 3 aromatic rings. The zero-order valence-corrected chi connectivity index (χ0v) is 18.5. The van der Waals surface area contributed by atoms with Crippen molar-refractivity contribution in [2.75, 3.05) is 14.2 Å². The van der Waals surface area contributed by atoms with Crippen LogP contribution in [0.25, 0.3) is 6.08 Å². The summed E-state index contributed by atoms with van der Waals surface area (Å²) in [7, 11) is 3.25. The Bertz CT molecular complexity index is 995. The molecule has 5 nitrogen and oxygen atoms in total. The predicted molar refractivity (Wildman–Crippen MR) is 121 cm³/mol. The molecule has 6 heteroatoms. The predicted octanol–water partition coefficient (Wildman–Crippen LogP) is 4.91. The quantitative estimate of drug-likeness (QED) is 0.249. The molecule has 0 bridgehead atoms. The topological polar surface area (TPSA) is 49.7 Å². The molecule has 0 saturated heterocycles. The molecule has 0 fully saturated rings. The second kappa shape index (κ2) is 10.2. The molecule has 0 unspecified atom stereocenters. The molecule has 150 valence electrons. The van der Waals surface area contributed by atoms with Gasteiger partial charge in [0.2, 0.25) is 0 Å². The van der Waals surface area contributed by atoms with E-state index < -0.39 is 0 Å². The van der Waals surface area contributed by atoms with E-state index in [9.17, 15) is 4.79 Å². The standard InChI is InChI=1S/C23H22INO4/c1-27-21-13-18(20(24)14-22(21)28-2)15-25-12-6-9-19(25)10-11-23(26)29-16-17-7-4-3-5-8-17/h3-14H,15-16H2,1-2H3/b11-10+. The van der Waals surface area contributed by atoms with Gasteiger partial charge in [-0.15, -0.1) is 0 Å². The van der Waals surface area contributed by atoms with Crippen molar-refractivity contribution in [3.05, 3.63) is 87.3 Å². The number of rotatable bonds is 8. The van der Waals surface area contributed by atoms with Gasteiger partial charge in [-0.1, -0.05) is 30.3 Å². The normalized spacial score (nSPS) is 10.9. The molecule has 0 saturated carbocycles. The van der Waals surface area contributed by atoms with Crippen molar-refractivity contribution >= 4 is 34.6 Å². The van der Waals surface area contributed by atoms with Crippen molar-refractivity contribution in [1.82, 2.24) is 4.57 Å². The Hall–Kier alpha value is -2.74. The lowest BCUT2D eigenvalue weighted by atomic mass is 10.2. The summed E-state index contributed by atoms with van der Waals surface area (Å²) in [5, 5.41) is 0. The van der Waals surface area contributed by atoms with Crippen molar-refractivity contribution in [3.8, 4) is 11.5 Å². The van der Waals surface area contributed by atoms with Gasteiger partial charge >= 0.3 is 5.97 Å². The van der Waals surface area contributed by atoms with E-state index in [0.29, 0.717) is 18.0 Å². The van der Waals surface area contributed by atoms with Crippen LogP contribution in [-0.4, -0.2) is 24.8 Å². The van der Waals surface area contributed by atoms with Gasteiger partial charge in [-0.3, -0.25) is 0 Å². The first-order valence-corrected chi connectivity index (χ1v) is 10.1. The summed E-state index contributed by atoms with van der Waals surface area (Å²) in [6.45, 7) is 0.902. The minimum atomic E-state index is -0.373. The molecular weight excluding hydrogens is 481 g/mol. The zero-order chi connectivity index (χ0) is 20.6. The third-order valence-corrected chi connectivity index (χ3v) is 5.38. The highest BCUT2D eigenvalue weighted by molar-refractivity contribution is 14.1. The summed E-state index contributed by atoms with van der Waals surface area (Å²) in [6, 6.07) is 17.4. The van der Waals surface area contributed by atoms with E-state index in [-0.39, 0.29) is 12.6 Å². The molecule has 29 heavy (non-hydrogen) atoms. The average molecular weight is 503 g/mol. The van der Waals surface area contributed by atoms with E-state index in [1.54, 1.807) is 20.3 Å². The Labute approximate surface area is 184 Å². The molecule has 0 radical (unpaired) electrons. The number of ether oxygens (including phenoxy) is 3. The monoisotopic (exact) mass is 503 g/mol. The number of halogens is 1. The summed E-state index contributed by atoms with van der Waals surface area (Å²) >= 11 is 2.29. The van der Waals surface area contributed by atoms with Crippen molar-refractivity contribution < 1.29 is 19.0 Å². The largest absolute Gasteiger partial charge is 0.493 e. The van der Waals surface area contributed by atoms with E-state index in [4.69, 9.17) is 14.2 Å².